The summed E-state index contributed by atoms with van der Waals surface area (Å²) in [6.45, 7) is 0. The summed E-state index contributed by atoms with van der Waals surface area (Å²) in [6.07, 6.45) is 3.35. The lowest BCUT2D eigenvalue weighted by Crippen LogP contribution is -2.32. The van der Waals surface area contributed by atoms with Gasteiger partial charge in [-0.3, -0.25) is 4.79 Å². The lowest BCUT2D eigenvalue weighted by Gasteiger charge is -2.19. The second kappa shape index (κ2) is 8.54. The zero-order valence-corrected chi connectivity index (χ0v) is 16.9. The molecule has 5 nitrogen and oxygen atoms in total. The van der Waals surface area contributed by atoms with Gasteiger partial charge >= 0.3 is 0 Å². The predicted octanol–water partition coefficient (Wildman–Crippen LogP) is 4.27. The van der Waals surface area contributed by atoms with E-state index < -0.39 is 11.9 Å². The molecule has 0 aliphatic rings. The fourth-order valence-electron chi connectivity index (χ4n) is 3.16. The van der Waals surface area contributed by atoms with Crippen LogP contribution >= 0.6 is 11.3 Å². The largest absolute Gasteiger partial charge is 0.342 e. The summed E-state index contributed by atoms with van der Waals surface area (Å²) in [5, 5.41) is 5.26. The third-order valence-electron chi connectivity index (χ3n) is 4.60. The van der Waals surface area contributed by atoms with Crippen molar-refractivity contribution in [2.75, 3.05) is 0 Å². The minimum absolute atomic E-state index is 0.0151. The molecule has 0 fully saturated rings. The number of aromatic nitrogens is 3. The number of halogens is 2. The molecule has 0 radical (unpaired) electrons. The summed E-state index contributed by atoms with van der Waals surface area (Å²) in [7, 11) is 1.79. The molecule has 4 rings (SSSR count). The fourth-order valence-corrected chi connectivity index (χ4v) is 3.98. The number of imidazole rings is 1. The van der Waals surface area contributed by atoms with Crippen molar-refractivity contribution in [3.8, 4) is 10.6 Å². The van der Waals surface area contributed by atoms with E-state index >= 15 is 0 Å². The Morgan fingerprint density at radius 3 is 2.77 bits per heavy atom. The highest BCUT2D eigenvalue weighted by Gasteiger charge is 2.24. The molecular weight excluding hydrogens is 406 g/mol. The summed E-state index contributed by atoms with van der Waals surface area (Å²) < 4.78 is 29.6. The van der Waals surface area contributed by atoms with Crippen LogP contribution in [-0.4, -0.2) is 20.4 Å². The number of benzene rings is 2. The van der Waals surface area contributed by atoms with Crippen molar-refractivity contribution in [1.29, 1.82) is 0 Å². The number of amides is 1. The van der Waals surface area contributed by atoms with E-state index in [1.165, 1.54) is 29.5 Å². The van der Waals surface area contributed by atoms with E-state index in [0.29, 0.717) is 27.7 Å². The average molecular weight is 424 g/mol. The normalized spacial score (nSPS) is 12.0. The van der Waals surface area contributed by atoms with E-state index in [-0.39, 0.29) is 18.1 Å². The molecule has 0 bridgehead atoms. The van der Waals surface area contributed by atoms with Gasteiger partial charge < -0.3 is 9.88 Å². The highest BCUT2D eigenvalue weighted by atomic mass is 32.1. The molecule has 1 atom stereocenters. The van der Waals surface area contributed by atoms with Crippen LogP contribution in [0.25, 0.3) is 10.6 Å². The van der Waals surface area contributed by atoms with Crippen molar-refractivity contribution in [1.82, 2.24) is 19.9 Å². The van der Waals surface area contributed by atoms with Crippen LogP contribution in [0.3, 0.4) is 0 Å². The Hall–Kier alpha value is -3.39. The Labute approximate surface area is 176 Å². The molecule has 2 aromatic carbocycles. The lowest BCUT2D eigenvalue weighted by atomic mass is 10.0. The Morgan fingerprint density at radius 1 is 1.20 bits per heavy atom. The Kier molecular flexibility index (Phi) is 5.67. The van der Waals surface area contributed by atoms with Crippen LogP contribution < -0.4 is 5.32 Å². The fraction of sp³-hybridized carbons (Fsp3) is 0.136. The Bertz CT molecular complexity index is 1190. The second-order valence-electron chi connectivity index (χ2n) is 6.75. The Morgan fingerprint density at radius 2 is 2.03 bits per heavy atom. The van der Waals surface area contributed by atoms with E-state index in [1.54, 1.807) is 59.7 Å². The van der Waals surface area contributed by atoms with Gasteiger partial charge in [0, 0.05) is 35.9 Å². The quantitative estimate of drug-likeness (QED) is 0.503. The zero-order chi connectivity index (χ0) is 21.1. The van der Waals surface area contributed by atoms with Crippen LogP contribution in [0.1, 0.15) is 23.1 Å². The molecule has 2 aromatic heterocycles. The molecular formula is C22H18F2N4OS. The van der Waals surface area contributed by atoms with Gasteiger partial charge in [-0.2, -0.15) is 0 Å². The molecule has 0 aliphatic carbocycles. The SMILES string of the molecule is Cn1ccnc1C(NC(=O)Cc1csc(-c2cccc(F)c2)n1)c1ccccc1F. The number of nitrogens with zero attached hydrogens (tertiary/aromatic N) is 3. The van der Waals surface area contributed by atoms with Crippen LogP contribution in [0.5, 0.6) is 0 Å². The summed E-state index contributed by atoms with van der Waals surface area (Å²) in [6, 6.07) is 11.7. The maximum absolute atomic E-state index is 14.4. The molecule has 1 unspecified atom stereocenters. The minimum atomic E-state index is -0.736. The van der Waals surface area contributed by atoms with Gasteiger partial charge in [0.2, 0.25) is 5.91 Å². The van der Waals surface area contributed by atoms with E-state index in [9.17, 15) is 13.6 Å². The van der Waals surface area contributed by atoms with Gasteiger partial charge in [0.25, 0.3) is 0 Å². The Balaban J connectivity index is 1.54. The van der Waals surface area contributed by atoms with E-state index in [4.69, 9.17) is 0 Å². The summed E-state index contributed by atoms with van der Waals surface area (Å²) >= 11 is 1.34. The lowest BCUT2D eigenvalue weighted by molar-refractivity contribution is -0.121. The molecule has 4 aromatic rings. The highest BCUT2D eigenvalue weighted by Crippen LogP contribution is 2.26. The highest BCUT2D eigenvalue weighted by molar-refractivity contribution is 7.13. The molecule has 0 aliphatic heterocycles. The van der Waals surface area contributed by atoms with Crippen molar-refractivity contribution >= 4 is 17.2 Å². The maximum atomic E-state index is 14.4. The summed E-state index contributed by atoms with van der Waals surface area (Å²) in [4.78, 5) is 21.5. The number of thiazole rings is 1. The van der Waals surface area contributed by atoms with Gasteiger partial charge in [0.15, 0.2) is 0 Å². The van der Waals surface area contributed by atoms with Crippen molar-refractivity contribution in [3.05, 3.63) is 95.0 Å². The van der Waals surface area contributed by atoms with Gasteiger partial charge in [-0.15, -0.1) is 11.3 Å². The van der Waals surface area contributed by atoms with Crippen LogP contribution in [0.4, 0.5) is 8.78 Å². The van der Waals surface area contributed by atoms with Gasteiger partial charge in [-0.25, -0.2) is 18.7 Å². The molecule has 1 amide bonds. The van der Waals surface area contributed by atoms with Gasteiger partial charge in [-0.1, -0.05) is 30.3 Å². The van der Waals surface area contributed by atoms with Gasteiger partial charge in [-0.05, 0) is 18.2 Å². The number of aryl methyl sites for hydroxylation is 1. The van der Waals surface area contributed by atoms with Crippen molar-refractivity contribution < 1.29 is 13.6 Å². The smallest absolute Gasteiger partial charge is 0.226 e. The molecule has 0 spiro atoms. The third-order valence-corrected chi connectivity index (χ3v) is 5.54. The summed E-state index contributed by atoms with van der Waals surface area (Å²) in [5.41, 5.74) is 1.55. The number of nitrogens with one attached hydrogen (secondary N) is 1. The first-order chi connectivity index (χ1) is 14.5. The number of hydrogen-bond acceptors (Lipinski definition) is 4. The monoisotopic (exact) mass is 424 g/mol. The van der Waals surface area contributed by atoms with Crippen molar-refractivity contribution in [2.24, 2.45) is 7.05 Å². The van der Waals surface area contributed by atoms with Crippen LogP contribution in [0.2, 0.25) is 0 Å². The average Bonchev–Trinajstić information content (AvgIpc) is 3.36. The van der Waals surface area contributed by atoms with Crippen LogP contribution in [0, 0.1) is 11.6 Å². The van der Waals surface area contributed by atoms with Crippen LogP contribution in [0.15, 0.2) is 66.3 Å². The zero-order valence-electron chi connectivity index (χ0n) is 16.0. The standard InChI is InChI=1S/C22H18F2N4OS/c1-28-10-9-25-21(28)20(17-7-2-3-8-18(17)24)27-19(29)12-16-13-30-22(26-16)14-5-4-6-15(23)11-14/h2-11,13,20H,12H2,1H3,(H,27,29). The summed E-state index contributed by atoms with van der Waals surface area (Å²) in [5.74, 6) is -0.563. The van der Waals surface area contributed by atoms with Crippen molar-refractivity contribution in [2.45, 2.75) is 12.5 Å². The van der Waals surface area contributed by atoms with Gasteiger partial charge in [0.1, 0.15) is 28.5 Å². The molecule has 0 saturated carbocycles. The van der Waals surface area contributed by atoms with E-state index in [1.807, 2.05) is 0 Å². The predicted molar refractivity (Wildman–Crippen MR) is 111 cm³/mol. The molecule has 8 heteroatoms. The number of hydrogen-bond donors (Lipinski definition) is 1. The van der Waals surface area contributed by atoms with Gasteiger partial charge in [0.05, 0.1) is 12.1 Å². The number of rotatable bonds is 6. The van der Waals surface area contributed by atoms with E-state index in [2.05, 4.69) is 15.3 Å². The molecule has 0 saturated heterocycles. The van der Waals surface area contributed by atoms with E-state index in [0.717, 1.165) is 0 Å². The first kappa shape index (κ1) is 19.9. The topological polar surface area (TPSA) is 59.8 Å². The first-order valence-corrected chi connectivity index (χ1v) is 10.1. The number of carbonyl (C=O) groups is 1. The maximum Gasteiger partial charge on any atom is 0.226 e. The van der Waals surface area contributed by atoms with Crippen molar-refractivity contribution in [3.63, 3.8) is 0 Å². The molecule has 30 heavy (non-hydrogen) atoms. The third kappa shape index (κ3) is 4.28. The number of carbonyl (C=O) groups excluding carboxylic acids is 1. The molecule has 152 valence electrons. The second-order valence-corrected chi connectivity index (χ2v) is 7.61. The first-order valence-electron chi connectivity index (χ1n) is 9.22. The molecule has 1 N–H and O–H groups in total. The van der Waals surface area contributed by atoms with Crippen LogP contribution in [-0.2, 0) is 18.3 Å². The minimum Gasteiger partial charge on any atom is -0.342 e. The molecule has 2 heterocycles.